The number of aliphatic hydroxyl groups is 1. The standard InChI is InChI=1S/C24H32ClN3O4/c1-27(15-21(29)17-5-6-19(25)20(26)11-17)8-4-9-28-10-7-16-12-22(31-2)23(32-3)13-18(16)14-24(28)30/h5-6,11-13,21,29H,4,7-10,14-15,26H2,1-3H3. The van der Waals surface area contributed by atoms with E-state index in [9.17, 15) is 9.90 Å². The van der Waals surface area contributed by atoms with Gasteiger partial charge in [-0.2, -0.15) is 0 Å². The number of hydrogen-bond acceptors (Lipinski definition) is 6. The number of carbonyl (C=O) groups excluding carboxylic acids is 1. The number of nitrogen functional groups attached to an aromatic ring is 1. The number of amides is 1. The average Bonchev–Trinajstić information content (AvgIpc) is 2.92. The van der Waals surface area contributed by atoms with E-state index in [1.807, 2.05) is 24.1 Å². The van der Waals surface area contributed by atoms with Gasteiger partial charge in [-0.05, 0) is 67.4 Å². The molecule has 1 atom stereocenters. The van der Waals surface area contributed by atoms with Crippen LogP contribution in [0.3, 0.4) is 0 Å². The van der Waals surface area contributed by atoms with E-state index < -0.39 is 6.10 Å². The van der Waals surface area contributed by atoms with Crippen LogP contribution in [0.1, 0.15) is 29.2 Å². The molecule has 0 spiro atoms. The zero-order valence-electron chi connectivity index (χ0n) is 18.9. The van der Waals surface area contributed by atoms with Crippen LogP contribution in [0.2, 0.25) is 5.02 Å². The molecule has 0 bridgehead atoms. The highest BCUT2D eigenvalue weighted by atomic mass is 35.5. The minimum atomic E-state index is -0.654. The quantitative estimate of drug-likeness (QED) is 0.558. The Kier molecular flexibility index (Phi) is 8.23. The molecule has 0 aliphatic carbocycles. The minimum Gasteiger partial charge on any atom is -0.493 e. The number of fused-ring (bicyclic) bond motifs is 1. The zero-order valence-corrected chi connectivity index (χ0v) is 19.7. The third-order valence-electron chi connectivity index (χ3n) is 5.91. The molecular weight excluding hydrogens is 430 g/mol. The molecule has 32 heavy (non-hydrogen) atoms. The number of nitrogens with zero attached hydrogens (tertiary/aromatic N) is 2. The summed E-state index contributed by atoms with van der Waals surface area (Å²) in [7, 11) is 5.18. The molecule has 2 aromatic carbocycles. The summed E-state index contributed by atoms with van der Waals surface area (Å²) in [6.45, 7) is 2.59. The molecule has 3 rings (SSSR count). The van der Waals surface area contributed by atoms with Crippen molar-refractivity contribution in [2.24, 2.45) is 0 Å². The average molecular weight is 462 g/mol. The summed E-state index contributed by atoms with van der Waals surface area (Å²) < 4.78 is 10.8. The van der Waals surface area contributed by atoms with Crippen molar-refractivity contribution in [3.63, 3.8) is 0 Å². The van der Waals surface area contributed by atoms with Crippen LogP contribution in [0.5, 0.6) is 11.5 Å². The Morgan fingerprint density at radius 2 is 1.88 bits per heavy atom. The Morgan fingerprint density at radius 3 is 2.53 bits per heavy atom. The Labute approximate surface area is 194 Å². The van der Waals surface area contributed by atoms with Gasteiger partial charge in [0.15, 0.2) is 11.5 Å². The summed E-state index contributed by atoms with van der Waals surface area (Å²) in [6.07, 6.45) is 1.32. The molecule has 3 N–H and O–H groups in total. The van der Waals surface area contributed by atoms with Gasteiger partial charge in [0.05, 0.1) is 37.5 Å². The predicted octanol–water partition coefficient (Wildman–Crippen LogP) is 2.92. The lowest BCUT2D eigenvalue weighted by Crippen LogP contribution is -2.35. The predicted molar refractivity (Wildman–Crippen MR) is 126 cm³/mol. The van der Waals surface area contributed by atoms with Crippen LogP contribution in [0.4, 0.5) is 5.69 Å². The summed E-state index contributed by atoms with van der Waals surface area (Å²) in [4.78, 5) is 16.8. The molecule has 1 aliphatic rings. The van der Waals surface area contributed by atoms with Gasteiger partial charge in [-0.15, -0.1) is 0 Å². The maximum Gasteiger partial charge on any atom is 0.227 e. The lowest BCUT2D eigenvalue weighted by molar-refractivity contribution is -0.130. The summed E-state index contributed by atoms with van der Waals surface area (Å²) in [5.74, 6) is 1.46. The van der Waals surface area contributed by atoms with Gasteiger partial charge in [-0.1, -0.05) is 17.7 Å². The second-order valence-electron chi connectivity index (χ2n) is 8.20. The van der Waals surface area contributed by atoms with Crippen molar-refractivity contribution in [2.45, 2.75) is 25.4 Å². The van der Waals surface area contributed by atoms with E-state index in [1.54, 1.807) is 32.4 Å². The number of aliphatic hydroxyl groups excluding tert-OH is 1. The molecule has 2 aromatic rings. The largest absolute Gasteiger partial charge is 0.493 e. The van der Waals surface area contributed by atoms with Gasteiger partial charge >= 0.3 is 0 Å². The Hall–Kier alpha value is -2.48. The highest BCUT2D eigenvalue weighted by Gasteiger charge is 2.22. The molecule has 0 fully saturated rings. The first kappa shape index (κ1) is 24.2. The first-order valence-corrected chi connectivity index (χ1v) is 11.1. The fraction of sp³-hybridized carbons (Fsp3) is 0.458. The first-order valence-electron chi connectivity index (χ1n) is 10.8. The number of nitrogens with two attached hydrogens (primary N) is 1. The minimum absolute atomic E-state index is 0.121. The summed E-state index contributed by atoms with van der Waals surface area (Å²) in [5.41, 5.74) is 9.16. The van der Waals surface area contributed by atoms with Gasteiger partial charge in [0, 0.05) is 19.6 Å². The summed E-state index contributed by atoms with van der Waals surface area (Å²) >= 11 is 5.95. The van der Waals surface area contributed by atoms with Gasteiger partial charge in [-0.3, -0.25) is 4.79 Å². The van der Waals surface area contributed by atoms with Crippen LogP contribution in [0, 0.1) is 0 Å². The smallest absolute Gasteiger partial charge is 0.227 e. The van der Waals surface area contributed by atoms with Crippen molar-refractivity contribution < 1.29 is 19.4 Å². The number of benzene rings is 2. The highest BCUT2D eigenvalue weighted by Crippen LogP contribution is 2.32. The third-order valence-corrected chi connectivity index (χ3v) is 6.25. The topological polar surface area (TPSA) is 88.3 Å². The number of hydrogen-bond donors (Lipinski definition) is 2. The van der Waals surface area contributed by atoms with E-state index in [0.717, 1.165) is 36.1 Å². The van der Waals surface area contributed by atoms with Gasteiger partial charge in [-0.25, -0.2) is 0 Å². The van der Waals surface area contributed by atoms with Crippen LogP contribution in [-0.2, 0) is 17.6 Å². The van der Waals surface area contributed by atoms with Crippen molar-refractivity contribution in [1.29, 1.82) is 0 Å². The molecule has 174 valence electrons. The summed E-state index contributed by atoms with van der Waals surface area (Å²) in [6, 6.07) is 9.08. The number of carbonyl (C=O) groups is 1. The van der Waals surface area contributed by atoms with Crippen molar-refractivity contribution in [2.75, 3.05) is 53.2 Å². The molecule has 8 heteroatoms. The monoisotopic (exact) mass is 461 g/mol. The maximum atomic E-state index is 12.8. The SMILES string of the molecule is COc1cc2c(cc1OC)CC(=O)N(CCCN(C)CC(O)c1ccc(Cl)c(N)c1)CC2. The van der Waals surface area contributed by atoms with Crippen molar-refractivity contribution in [1.82, 2.24) is 9.80 Å². The third kappa shape index (κ3) is 5.85. The first-order chi connectivity index (χ1) is 15.3. The number of halogens is 1. The number of anilines is 1. The fourth-order valence-electron chi connectivity index (χ4n) is 4.04. The molecule has 0 saturated carbocycles. The Bertz CT molecular complexity index is 953. The lowest BCUT2D eigenvalue weighted by atomic mass is 10.0. The number of methoxy groups -OCH3 is 2. The van der Waals surface area contributed by atoms with E-state index in [2.05, 4.69) is 4.90 Å². The van der Waals surface area contributed by atoms with Crippen molar-refractivity contribution >= 4 is 23.2 Å². The van der Waals surface area contributed by atoms with Crippen LogP contribution in [-0.4, -0.2) is 68.3 Å². The van der Waals surface area contributed by atoms with Crippen LogP contribution in [0.15, 0.2) is 30.3 Å². The number of likely N-dealkylation sites (N-methyl/N-ethyl adjacent to an activating group) is 1. The maximum absolute atomic E-state index is 12.8. The van der Waals surface area contributed by atoms with Crippen LogP contribution < -0.4 is 15.2 Å². The summed E-state index contributed by atoms with van der Waals surface area (Å²) in [5, 5.41) is 11.0. The fourth-order valence-corrected chi connectivity index (χ4v) is 4.16. The molecule has 0 saturated heterocycles. The molecule has 1 heterocycles. The van der Waals surface area contributed by atoms with E-state index in [-0.39, 0.29) is 5.91 Å². The van der Waals surface area contributed by atoms with E-state index >= 15 is 0 Å². The van der Waals surface area contributed by atoms with E-state index in [4.69, 9.17) is 26.8 Å². The normalized spacial score (nSPS) is 14.8. The molecule has 1 unspecified atom stereocenters. The second-order valence-corrected chi connectivity index (χ2v) is 8.60. The molecule has 0 aromatic heterocycles. The number of ether oxygens (including phenoxy) is 2. The Balaban J connectivity index is 1.51. The van der Waals surface area contributed by atoms with Gasteiger partial charge in [0.1, 0.15) is 0 Å². The zero-order chi connectivity index (χ0) is 23.3. The molecule has 7 nitrogen and oxygen atoms in total. The van der Waals surface area contributed by atoms with E-state index in [0.29, 0.717) is 48.3 Å². The molecular formula is C24H32ClN3O4. The molecule has 1 aliphatic heterocycles. The van der Waals surface area contributed by atoms with Gasteiger partial charge < -0.3 is 30.1 Å². The van der Waals surface area contributed by atoms with Gasteiger partial charge in [0.25, 0.3) is 0 Å². The van der Waals surface area contributed by atoms with Gasteiger partial charge in [0.2, 0.25) is 5.91 Å². The lowest BCUT2D eigenvalue weighted by Gasteiger charge is -2.24. The van der Waals surface area contributed by atoms with Crippen molar-refractivity contribution in [3.05, 3.63) is 52.0 Å². The molecule has 1 amide bonds. The van der Waals surface area contributed by atoms with E-state index in [1.165, 1.54) is 0 Å². The highest BCUT2D eigenvalue weighted by molar-refractivity contribution is 6.33. The molecule has 0 radical (unpaired) electrons. The van der Waals surface area contributed by atoms with Crippen molar-refractivity contribution in [3.8, 4) is 11.5 Å². The second kappa shape index (κ2) is 10.9. The van der Waals surface area contributed by atoms with Crippen LogP contribution in [0.25, 0.3) is 0 Å². The number of rotatable bonds is 9. The Morgan fingerprint density at radius 1 is 1.19 bits per heavy atom. The van der Waals surface area contributed by atoms with Crippen LogP contribution >= 0.6 is 11.6 Å².